The molecule has 2 saturated carbocycles. The smallest absolute Gasteiger partial charge is 0.335 e. The highest BCUT2D eigenvalue weighted by atomic mass is 19.1. The molecule has 1 amide bonds. The van der Waals surface area contributed by atoms with Crippen molar-refractivity contribution in [3.8, 4) is 0 Å². The normalized spacial score (nSPS) is 26.8. The third-order valence-electron chi connectivity index (χ3n) is 4.82. The molecule has 0 radical (unpaired) electrons. The van der Waals surface area contributed by atoms with Gasteiger partial charge in [-0.25, -0.2) is 9.18 Å². The number of benzene rings is 1. The average Bonchev–Trinajstić information content (AvgIpc) is 3.03. The fourth-order valence-corrected chi connectivity index (χ4v) is 3.82. The summed E-state index contributed by atoms with van der Waals surface area (Å²) in [6.45, 7) is 0. The molecule has 4 nitrogen and oxygen atoms in total. The zero-order valence-electron chi connectivity index (χ0n) is 11.6. The van der Waals surface area contributed by atoms with E-state index in [0.717, 1.165) is 24.5 Å². The molecule has 3 rings (SSSR count). The molecule has 2 aliphatic rings. The first-order chi connectivity index (χ1) is 10.0. The third-order valence-corrected chi connectivity index (χ3v) is 4.82. The van der Waals surface area contributed by atoms with Gasteiger partial charge in [-0.2, -0.15) is 0 Å². The predicted octanol–water partition coefficient (Wildman–Crippen LogP) is 3.29. The number of aromatic carboxylic acids is 1. The zero-order chi connectivity index (χ0) is 15.0. The number of carbonyl (C=O) groups excluding carboxylic acids is 1. The number of nitrogens with one attached hydrogen (secondary N) is 1. The van der Waals surface area contributed by atoms with E-state index in [4.69, 9.17) is 5.11 Å². The maximum absolute atomic E-state index is 13.6. The number of halogens is 1. The van der Waals surface area contributed by atoms with Crippen molar-refractivity contribution in [1.29, 1.82) is 0 Å². The highest BCUT2D eigenvalue weighted by molar-refractivity contribution is 5.94. The van der Waals surface area contributed by atoms with Crippen molar-refractivity contribution in [3.05, 3.63) is 29.6 Å². The third kappa shape index (κ3) is 2.91. The Morgan fingerprint density at radius 2 is 2.10 bits per heavy atom. The van der Waals surface area contributed by atoms with Crippen molar-refractivity contribution in [2.75, 3.05) is 5.32 Å². The van der Waals surface area contributed by atoms with Crippen LogP contribution in [0, 0.1) is 23.6 Å². The van der Waals surface area contributed by atoms with Crippen molar-refractivity contribution in [3.63, 3.8) is 0 Å². The quantitative estimate of drug-likeness (QED) is 0.894. The van der Waals surface area contributed by atoms with Crippen molar-refractivity contribution in [2.24, 2.45) is 17.8 Å². The fraction of sp³-hybridized carbons (Fsp3) is 0.500. The van der Waals surface area contributed by atoms with E-state index in [-0.39, 0.29) is 17.2 Å². The first-order valence-electron chi connectivity index (χ1n) is 7.35. The lowest BCUT2D eigenvalue weighted by Crippen LogP contribution is -2.21. The van der Waals surface area contributed by atoms with Crippen molar-refractivity contribution < 1.29 is 19.1 Å². The largest absolute Gasteiger partial charge is 0.478 e. The molecule has 2 bridgehead atoms. The Labute approximate surface area is 122 Å². The Hall–Kier alpha value is -1.91. The molecule has 3 atom stereocenters. The zero-order valence-corrected chi connectivity index (χ0v) is 11.6. The van der Waals surface area contributed by atoms with Gasteiger partial charge in [0.1, 0.15) is 5.82 Å². The van der Waals surface area contributed by atoms with Gasteiger partial charge in [-0.15, -0.1) is 0 Å². The van der Waals surface area contributed by atoms with Gasteiger partial charge in [0.2, 0.25) is 5.91 Å². The molecular formula is C16H18FNO3. The molecule has 5 heteroatoms. The molecule has 21 heavy (non-hydrogen) atoms. The summed E-state index contributed by atoms with van der Waals surface area (Å²) in [4.78, 5) is 22.9. The van der Waals surface area contributed by atoms with Gasteiger partial charge in [0.15, 0.2) is 0 Å². The van der Waals surface area contributed by atoms with Crippen LogP contribution in [0.4, 0.5) is 10.1 Å². The molecule has 0 spiro atoms. The summed E-state index contributed by atoms with van der Waals surface area (Å²) in [6.07, 6.45) is 5.19. The van der Waals surface area contributed by atoms with Crippen molar-refractivity contribution >= 4 is 17.6 Å². The fourth-order valence-electron chi connectivity index (χ4n) is 3.82. The SMILES string of the molecule is O=C(CC1CC2CCC1C2)Nc1cc(C(=O)O)ccc1F. The molecule has 0 aromatic heterocycles. The molecule has 3 unspecified atom stereocenters. The van der Waals surface area contributed by atoms with Crippen LogP contribution in [0.1, 0.15) is 42.5 Å². The van der Waals surface area contributed by atoms with E-state index in [1.165, 1.54) is 25.3 Å². The number of fused-ring (bicyclic) bond motifs is 2. The number of hydrogen-bond acceptors (Lipinski definition) is 2. The summed E-state index contributed by atoms with van der Waals surface area (Å²) in [6, 6.07) is 3.41. The molecular weight excluding hydrogens is 273 g/mol. The summed E-state index contributed by atoms with van der Waals surface area (Å²) in [5.74, 6) is -0.181. The van der Waals surface area contributed by atoms with Gasteiger partial charge in [-0.05, 0) is 55.2 Å². The van der Waals surface area contributed by atoms with Gasteiger partial charge in [-0.1, -0.05) is 6.42 Å². The summed E-state index contributed by atoms with van der Waals surface area (Å²) in [5, 5.41) is 11.4. The lowest BCUT2D eigenvalue weighted by atomic mass is 9.86. The van der Waals surface area contributed by atoms with E-state index in [0.29, 0.717) is 18.3 Å². The molecule has 1 aromatic rings. The number of anilines is 1. The summed E-state index contributed by atoms with van der Waals surface area (Å²) < 4.78 is 13.6. The summed E-state index contributed by atoms with van der Waals surface area (Å²) >= 11 is 0. The molecule has 2 aliphatic carbocycles. The van der Waals surface area contributed by atoms with E-state index in [9.17, 15) is 14.0 Å². The molecule has 0 aliphatic heterocycles. The minimum absolute atomic E-state index is 0.0355. The lowest BCUT2D eigenvalue weighted by molar-refractivity contribution is -0.117. The topological polar surface area (TPSA) is 66.4 Å². The van der Waals surface area contributed by atoms with Gasteiger partial charge >= 0.3 is 5.97 Å². The molecule has 0 heterocycles. The number of carboxylic acids is 1. The Morgan fingerprint density at radius 3 is 2.71 bits per heavy atom. The van der Waals surface area contributed by atoms with Gasteiger partial charge in [0.05, 0.1) is 11.3 Å². The second kappa shape index (κ2) is 5.47. The Bertz CT molecular complexity index is 587. The highest BCUT2D eigenvalue weighted by Gasteiger charge is 2.40. The maximum atomic E-state index is 13.6. The average molecular weight is 291 g/mol. The minimum atomic E-state index is -1.14. The van der Waals surface area contributed by atoms with E-state index in [1.54, 1.807) is 0 Å². The van der Waals surface area contributed by atoms with E-state index in [2.05, 4.69) is 5.32 Å². The molecule has 112 valence electrons. The Kier molecular flexibility index (Phi) is 3.66. The van der Waals surface area contributed by atoms with Crippen LogP contribution in [0.2, 0.25) is 0 Å². The molecule has 1 aromatic carbocycles. The highest BCUT2D eigenvalue weighted by Crippen LogP contribution is 2.49. The second-order valence-electron chi connectivity index (χ2n) is 6.19. The number of hydrogen-bond donors (Lipinski definition) is 2. The van der Waals surface area contributed by atoms with E-state index in [1.807, 2.05) is 0 Å². The Balaban J connectivity index is 1.64. The van der Waals surface area contributed by atoms with Gasteiger partial charge < -0.3 is 10.4 Å². The van der Waals surface area contributed by atoms with Crippen LogP contribution in [-0.4, -0.2) is 17.0 Å². The van der Waals surface area contributed by atoms with Gasteiger partial charge in [-0.3, -0.25) is 4.79 Å². The maximum Gasteiger partial charge on any atom is 0.335 e. The standard InChI is InChI=1S/C16H18FNO3/c17-13-4-3-11(16(20)21)7-14(13)18-15(19)8-12-6-9-1-2-10(12)5-9/h3-4,7,9-10,12H,1-2,5-6,8H2,(H,18,19)(H,20,21). The second-order valence-corrected chi connectivity index (χ2v) is 6.19. The molecule has 2 N–H and O–H groups in total. The Morgan fingerprint density at radius 1 is 1.29 bits per heavy atom. The van der Waals surface area contributed by atoms with E-state index < -0.39 is 11.8 Å². The minimum Gasteiger partial charge on any atom is -0.478 e. The van der Waals surface area contributed by atoms with Crippen molar-refractivity contribution in [1.82, 2.24) is 0 Å². The van der Waals surface area contributed by atoms with Crippen LogP contribution in [0.5, 0.6) is 0 Å². The van der Waals surface area contributed by atoms with Crippen LogP contribution in [0.3, 0.4) is 0 Å². The first-order valence-corrected chi connectivity index (χ1v) is 7.35. The number of amides is 1. The van der Waals surface area contributed by atoms with Crippen LogP contribution in [0.25, 0.3) is 0 Å². The van der Waals surface area contributed by atoms with Crippen LogP contribution in [0.15, 0.2) is 18.2 Å². The number of rotatable bonds is 4. The lowest BCUT2D eigenvalue weighted by Gasteiger charge is -2.21. The first kappa shape index (κ1) is 14.0. The van der Waals surface area contributed by atoms with Gasteiger partial charge in [0, 0.05) is 6.42 Å². The van der Waals surface area contributed by atoms with Crippen molar-refractivity contribution in [2.45, 2.75) is 32.1 Å². The van der Waals surface area contributed by atoms with Gasteiger partial charge in [0.25, 0.3) is 0 Å². The van der Waals surface area contributed by atoms with Crippen LogP contribution in [-0.2, 0) is 4.79 Å². The number of carboxylic acid groups (broad SMARTS) is 1. The summed E-state index contributed by atoms with van der Waals surface area (Å²) in [5.41, 5.74) is -0.0883. The molecule has 0 saturated heterocycles. The van der Waals surface area contributed by atoms with E-state index >= 15 is 0 Å². The molecule has 2 fully saturated rings. The number of carbonyl (C=O) groups is 2. The summed E-state index contributed by atoms with van der Waals surface area (Å²) in [7, 11) is 0. The van der Waals surface area contributed by atoms with Crippen LogP contribution < -0.4 is 5.32 Å². The predicted molar refractivity (Wildman–Crippen MR) is 75.5 cm³/mol. The van der Waals surface area contributed by atoms with Crippen LogP contribution >= 0.6 is 0 Å². The monoisotopic (exact) mass is 291 g/mol.